The first kappa shape index (κ1) is 20.9. The fraction of sp³-hybridized carbons (Fsp3) is 0.200. The van der Waals surface area contributed by atoms with Crippen molar-refractivity contribution in [1.29, 1.82) is 0 Å². The van der Waals surface area contributed by atoms with Crippen LogP contribution in [0.25, 0.3) is 11.0 Å². The Morgan fingerprint density at radius 2 is 1.87 bits per heavy atom. The Morgan fingerprint density at radius 3 is 2.55 bits per heavy atom. The molecule has 158 valence electrons. The first-order chi connectivity index (χ1) is 15.0. The number of rotatable bonds is 7. The van der Waals surface area contributed by atoms with E-state index in [0.717, 1.165) is 44.3 Å². The van der Waals surface area contributed by atoms with Crippen LogP contribution in [0, 0.1) is 0 Å². The number of benzene rings is 3. The van der Waals surface area contributed by atoms with E-state index in [1.54, 1.807) is 7.11 Å². The first-order valence-corrected chi connectivity index (χ1v) is 10.4. The van der Waals surface area contributed by atoms with Gasteiger partial charge in [-0.05, 0) is 34.9 Å². The van der Waals surface area contributed by atoms with Crippen LogP contribution in [-0.4, -0.2) is 27.7 Å². The fourth-order valence-electron chi connectivity index (χ4n) is 3.80. The molecule has 0 radical (unpaired) electrons. The van der Waals surface area contributed by atoms with Crippen LogP contribution in [0.3, 0.4) is 0 Å². The molecule has 0 aliphatic rings. The number of nitrogens with zero attached hydrogens (tertiary/aromatic N) is 2. The molecule has 0 fully saturated rings. The lowest BCUT2D eigenvalue weighted by Gasteiger charge is -2.16. The van der Waals surface area contributed by atoms with Crippen LogP contribution in [0.15, 0.2) is 66.7 Å². The smallest absolute Gasteiger partial charge is 0.307 e. The van der Waals surface area contributed by atoms with Crippen LogP contribution in [0.4, 0.5) is 0 Å². The van der Waals surface area contributed by atoms with Crippen molar-refractivity contribution in [1.82, 2.24) is 9.55 Å². The molecular formula is C25H23ClN2O3. The molecule has 3 aromatic carbocycles. The van der Waals surface area contributed by atoms with Gasteiger partial charge in [-0.3, -0.25) is 4.79 Å². The highest BCUT2D eigenvalue weighted by atomic mass is 35.5. The summed E-state index contributed by atoms with van der Waals surface area (Å²) in [6.45, 7) is 2.70. The highest BCUT2D eigenvalue weighted by molar-refractivity contribution is 6.31. The Balaban J connectivity index is 1.78. The number of hydrogen-bond acceptors (Lipinski definition) is 3. The number of carboxylic acid groups (broad SMARTS) is 1. The van der Waals surface area contributed by atoms with Gasteiger partial charge < -0.3 is 14.4 Å². The lowest BCUT2D eigenvalue weighted by Crippen LogP contribution is -2.10. The van der Waals surface area contributed by atoms with Gasteiger partial charge in [0, 0.05) is 17.0 Å². The molecule has 0 saturated heterocycles. The normalized spacial score (nSPS) is 12.1. The molecule has 1 heterocycles. The number of aromatic nitrogens is 2. The first-order valence-electron chi connectivity index (χ1n) is 10.0. The van der Waals surface area contributed by atoms with E-state index in [1.807, 2.05) is 66.7 Å². The van der Waals surface area contributed by atoms with Crippen LogP contribution < -0.4 is 4.74 Å². The summed E-state index contributed by atoms with van der Waals surface area (Å²) in [5.41, 5.74) is 4.72. The van der Waals surface area contributed by atoms with Gasteiger partial charge in [0.05, 0.1) is 31.1 Å². The minimum atomic E-state index is -0.837. The third-order valence-corrected chi connectivity index (χ3v) is 5.86. The zero-order valence-corrected chi connectivity index (χ0v) is 18.1. The van der Waals surface area contributed by atoms with Crippen LogP contribution in [-0.2, 0) is 17.8 Å². The number of ether oxygens (including phenoxy) is 1. The second-order valence-corrected chi connectivity index (χ2v) is 7.94. The second-order valence-electron chi connectivity index (χ2n) is 7.54. The molecule has 1 aromatic heterocycles. The van der Waals surface area contributed by atoms with Crippen molar-refractivity contribution in [3.63, 3.8) is 0 Å². The summed E-state index contributed by atoms with van der Waals surface area (Å²) in [7, 11) is 1.64. The molecule has 0 bridgehead atoms. The Bertz CT molecular complexity index is 1230. The summed E-state index contributed by atoms with van der Waals surface area (Å²) >= 11 is 6.45. The molecule has 1 N–H and O–H groups in total. The number of carboxylic acids is 1. The summed E-state index contributed by atoms with van der Waals surface area (Å²) in [4.78, 5) is 15.9. The molecule has 6 heteroatoms. The molecule has 4 rings (SSSR count). The average molecular weight is 435 g/mol. The van der Waals surface area contributed by atoms with Gasteiger partial charge >= 0.3 is 5.97 Å². The molecular weight excluding hydrogens is 412 g/mol. The van der Waals surface area contributed by atoms with Crippen molar-refractivity contribution < 1.29 is 14.6 Å². The lowest BCUT2D eigenvalue weighted by molar-refractivity contribution is -0.136. The molecule has 0 spiro atoms. The Hall–Kier alpha value is -3.31. The summed E-state index contributed by atoms with van der Waals surface area (Å²) in [6.07, 6.45) is 0.0134. The number of methoxy groups -OCH3 is 1. The van der Waals surface area contributed by atoms with E-state index in [4.69, 9.17) is 26.4 Å². The molecule has 0 saturated carbocycles. The van der Waals surface area contributed by atoms with Gasteiger partial charge in [-0.2, -0.15) is 0 Å². The van der Waals surface area contributed by atoms with Gasteiger partial charge in [0.2, 0.25) is 0 Å². The highest BCUT2D eigenvalue weighted by Crippen LogP contribution is 2.31. The van der Waals surface area contributed by atoms with Crippen molar-refractivity contribution in [2.75, 3.05) is 7.11 Å². The van der Waals surface area contributed by atoms with Crippen LogP contribution in [0.1, 0.15) is 35.4 Å². The molecule has 0 aliphatic carbocycles. The van der Waals surface area contributed by atoms with Crippen molar-refractivity contribution in [3.05, 3.63) is 94.3 Å². The number of halogens is 1. The third kappa shape index (κ3) is 4.42. The highest BCUT2D eigenvalue weighted by Gasteiger charge is 2.20. The van der Waals surface area contributed by atoms with E-state index in [1.165, 1.54) is 0 Å². The van der Waals surface area contributed by atoms with Crippen molar-refractivity contribution in [2.24, 2.45) is 0 Å². The zero-order chi connectivity index (χ0) is 22.0. The van der Waals surface area contributed by atoms with Gasteiger partial charge in [0.15, 0.2) is 0 Å². The quantitative estimate of drug-likeness (QED) is 0.415. The SMILES string of the molecule is COc1ccc2c(c1)nc(C(C)c1ccc(CC(=O)O)cc1)n2Cc1ccccc1Cl. The molecule has 1 unspecified atom stereocenters. The van der Waals surface area contributed by atoms with Gasteiger partial charge in [0.1, 0.15) is 11.6 Å². The van der Waals surface area contributed by atoms with Crippen LogP contribution in [0.2, 0.25) is 5.02 Å². The second kappa shape index (κ2) is 8.82. The largest absolute Gasteiger partial charge is 0.497 e. The molecule has 5 nitrogen and oxygen atoms in total. The molecule has 0 amide bonds. The summed E-state index contributed by atoms with van der Waals surface area (Å²) < 4.78 is 7.57. The molecule has 1 atom stereocenters. The molecule has 4 aromatic rings. The minimum Gasteiger partial charge on any atom is -0.497 e. The predicted octanol–water partition coefficient (Wildman–Crippen LogP) is 5.53. The predicted molar refractivity (Wildman–Crippen MR) is 122 cm³/mol. The standard InChI is InChI=1S/C25H23ClN2O3/c1-16(18-9-7-17(8-10-18)13-24(29)30)25-27-22-14-20(31-2)11-12-23(22)28(25)15-19-5-3-4-6-21(19)26/h3-12,14,16H,13,15H2,1-2H3,(H,29,30). The van der Waals surface area contributed by atoms with Crippen LogP contribution >= 0.6 is 11.6 Å². The van der Waals surface area contributed by atoms with Crippen LogP contribution in [0.5, 0.6) is 5.75 Å². The monoisotopic (exact) mass is 434 g/mol. The molecule has 0 aliphatic heterocycles. The third-order valence-electron chi connectivity index (χ3n) is 5.49. The van der Waals surface area contributed by atoms with Crippen molar-refractivity contribution in [2.45, 2.75) is 25.8 Å². The number of fused-ring (bicyclic) bond motifs is 1. The topological polar surface area (TPSA) is 64.3 Å². The fourth-order valence-corrected chi connectivity index (χ4v) is 3.99. The molecule has 31 heavy (non-hydrogen) atoms. The van der Waals surface area contributed by atoms with Gasteiger partial charge in [-0.15, -0.1) is 0 Å². The van der Waals surface area contributed by atoms with E-state index >= 15 is 0 Å². The van der Waals surface area contributed by atoms with Gasteiger partial charge in [0.25, 0.3) is 0 Å². The lowest BCUT2D eigenvalue weighted by atomic mass is 9.98. The summed E-state index contributed by atoms with van der Waals surface area (Å²) in [5.74, 6) is 0.831. The summed E-state index contributed by atoms with van der Waals surface area (Å²) in [6, 6.07) is 21.4. The maximum Gasteiger partial charge on any atom is 0.307 e. The number of aliphatic carboxylic acids is 1. The van der Waals surface area contributed by atoms with E-state index in [0.29, 0.717) is 6.54 Å². The van der Waals surface area contributed by atoms with Gasteiger partial charge in [-0.25, -0.2) is 4.98 Å². The van der Waals surface area contributed by atoms with E-state index < -0.39 is 5.97 Å². The van der Waals surface area contributed by atoms with E-state index in [-0.39, 0.29) is 12.3 Å². The minimum absolute atomic E-state index is 0.000222. The number of carbonyl (C=O) groups is 1. The Labute approximate surface area is 185 Å². The summed E-state index contributed by atoms with van der Waals surface area (Å²) in [5, 5.41) is 9.73. The number of imidazole rings is 1. The van der Waals surface area contributed by atoms with E-state index in [2.05, 4.69) is 11.5 Å². The Kier molecular flexibility index (Phi) is 5.96. The average Bonchev–Trinajstić information content (AvgIpc) is 3.12. The maximum absolute atomic E-state index is 11.0. The van der Waals surface area contributed by atoms with Crippen molar-refractivity contribution in [3.8, 4) is 5.75 Å². The maximum atomic E-state index is 11.0. The number of hydrogen-bond donors (Lipinski definition) is 1. The zero-order valence-electron chi connectivity index (χ0n) is 17.4. The Morgan fingerprint density at radius 1 is 1.13 bits per heavy atom. The van der Waals surface area contributed by atoms with Crippen molar-refractivity contribution >= 4 is 28.6 Å². The van der Waals surface area contributed by atoms with Gasteiger partial charge in [-0.1, -0.05) is 61.0 Å². The van der Waals surface area contributed by atoms with E-state index in [9.17, 15) is 4.79 Å².